The van der Waals surface area contributed by atoms with E-state index in [0.29, 0.717) is 0 Å². The molecule has 0 aromatic carbocycles. The third kappa shape index (κ3) is 3.54. The summed E-state index contributed by atoms with van der Waals surface area (Å²) in [6.07, 6.45) is 2.90. The summed E-state index contributed by atoms with van der Waals surface area (Å²) in [7, 11) is 0. The second-order valence-corrected chi connectivity index (χ2v) is 4.79. The summed E-state index contributed by atoms with van der Waals surface area (Å²) >= 11 is 3.09. The van der Waals surface area contributed by atoms with Crippen LogP contribution in [0.2, 0.25) is 0 Å². The first-order chi connectivity index (χ1) is 5.83. The fraction of sp³-hybridized carbons (Fsp3) is 0.625. The fourth-order valence-corrected chi connectivity index (χ4v) is 2.36. The molecular weight excluding hydrogens is 190 g/mol. The van der Waals surface area contributed by atoms with Crippen LogP contribution in [0.25, 0.3) is 0 Å². The van der Waals surface area contributed by atoms with Gasteiger partial charge in [-0.25, -0.2) is 0 Å². The minimum Gasteiger partial charge on any atom is -0.380 e. The van der Waals surface area contributed by atoms with Gasteiger partial charge in [0.15, 0.2) is 0 Å². The fourth-order valence-electron chi connectivity index (χ4n) is 0.901. The first-order valence-corrected chi connectivity index (χ1v) is 6.05. The maximum Gasteiger partial charge on any atom is 0.214 e. The van der Waals surface area contributed by atoms with Crippen LogP contribution in [0.5, 0.6) is 0 Å². The highest BCUT2D eigenvalue weighted by Crippen LogP contribution is 2.19. The van der Waals surface area contributed by atoms with Gasteiger partial charge in [-0.05, 0) is 12.2 Å². The van der Waals surface area contributed by atoms with E-state index in [-0.39, 0.29) is 5.12 Å². The lowest BCUT2D eigenvalue weighted by Crippen LogP contribution is -2.19. The van der Waals surface area contributed by atoms with Crippen molar-refractivity contribution < 1.29 is 4.79 Å². The number of hydrogen-bond acceptors (Lipinski definition) is 4. The molecule has 1 N–H and O–H groups in total. The van der Waals surface area contributed by atoms with Crippen molar-refractivity contribution >= 4 is 28.6 Å². The van der Waals surface area contributed by atoms with E-state index in [1.54, 1.807) is 17.8 Å². The predicted molar refractivity (Wildman–Crippen MR) is 56.3 cm³/mol. The molecule has 0 bridgehead atoms. The Kier molecular flexibility index (Phi) is 4.61. The lowest BCUT2D eigenvalue weighted by Gasteiger charge is -2.15. The Hall–Kier alpha value is -0.0900. The Balaban J connectivity index is 2.37. The van der Waals surface area contributed by atoms with Gasteiger partial charge in [-0.15, -0.1) is 11.8 Å². The van der Waals surface area contributed by atoms with Crippen LogP contribution in [0.1, 0.15) is 13.3 Å². The molecule has 0 aromatic rings. The zero-order chi connectivity index (χ0) is 8.81. The molecule has 1 saturated heterocycles. The van der Waals surface area contributed by atoms with Crippen LogP contribution in [0.15, 0.2) is 11.1 Å². The van der Waals surface area contributed by atoms with E-state index in [0.717, 1.165) is 23.1 Å². The van der Waals surface area contributed by atoms with E-state index >= 15 is 0 Å². The molecule has 4 heteroatoms. The minimum atomic E-state index is 0.161. The second-order valence-electron chi connectivity index (χ2n) is 2.39. The van der Waals surface area contributed by atoms with E-state index in [1.165, 1.54) is 18.2 Å². The maximum atomic E-state index is 11.1. The Bertz CT molecular complexity index is 183. The topological polar surface area (TPSA) is 29.1 Å². The number of thioether (sulfide) groups is 2. The standard InChI is InChI=1S/C8H13NOS2/c1-2-11-8(10)6-7-9-4-3-5-12-7/h6,9H,2-5H2,1H3. The van der Waals surface area contributed by atoms with Crippen LogP contribution >= 0.6 is 23.5 Å². The highest BCUT2D eigenvalue weighted by atomic mass is 32.2. The van der Waals surface area contributed by atoms with Gasteiger partial charge in [0.1, 0.15) is 0 Å². The molecule has 0 amide bonds. The van der Waals surface area contributed by atoms with Crippen molar-refractivity contribution in [3.05, 3.63) is 11.1 Å². The number of carbonyl (C=O) groups is 1. The zero-order valence-corrected chi connectivity index (χ0v) is 8.76. The molecule has 0 atom stereocenters. The SMILES string of the molecule is CCSC(=O)C=C1NCCCS1. The van der Waals surface area contributed by atoms with Crippen molar-refractivity contribution in [3.63, 3.8) is 0 Å². The third-order valence-corrected chi connectivity index (χ3v) is 3.17. The molecule has 0 aromatic heterocycles. The number of hydrogen-bond donors (Lipinski definition) is 1. The molecule has 1 aliphatic rings. The van der Waals surface area contributed by atoms with E-state index < -0.39 is 0 Å². The summed E-state index contributed by atoms with van der Waals surface area (Å²) in [6, 6.07) is 0. The van der Waals surface area contributed by atoms with Crippen molar-refractivity contribution in [2.45, 2.75) is 13.3 Å². The molecule has 1 heterocycles. The number of carbonyl (C=O) groups excluding carboxylic acids is 1. The Morgan fingerprint density at radius 2 is 2.67 bits per heavy atom. The molecular formula is C8H13NOS2. The Labute approximate surface area is 81.6 Å². The summed E-state index contributed by atoms with van der Waals surface area (Å²) in [5.41, 5.74) is 0. The van der Waals surface area contributed by atoms with Crippen LogP contribution in [-0.4, -0.2) is 23.2 Å². The van der Waals surface area contributed by atoms with Crippen LogP contribution in [0, 0.1) is 0 Å². The van der Waals surface area contributed by atoms with Crippen LogP contribution < -0.4 is 5.32 Å². The first-order valence-electron chi connectivity index (χ1n) is 4.08. The summed E-state index contributed by atoms with van der Waals surface area (Å²) in [6.45, 7) is 2.99. The second kappa shape index (κ2) is 5.54. The molecule has 0 unspecified atom stereocenters. The summed E-state index contributed by atoms with van der Waals surface area (Å²) in [5, 5.41) is 4.39. The first kappa shape index (κ1) is 9.99. The normalized spacial score (nSPS) is 20.6. The van der Waals surface area contributed by atoms with Gasteiger partial charge >= 0.3 is 0 Å². The van der Waals surface area contributed by atoms with Gasteiger partial charge in [-0.3, -0.25) is 4.79 Å². The van der Waals surface area contributed by atoms with Crippen LogP contribution in [0.3, 0.4) is 0 Å². The quantitative estimate of drug-likeness (QED) is 0.693. The van der Waals surface area contributed by atoms with Gasteiger partial charge in [-0.2, -0.15) is 0 Å². The van der Waals surface area contributed by atoms with Gasteiger partial charge in [0.25, 0.3) is 0 Å². The van der Waals surface area contributed by atoms with Crippen molar-refractivity contribution in [3.8, 4) is 0 Å². The molecule has 0 radical (unpaired) electrons. The monoisotopic (exact) mass is 203 g/mol. The van der Waals surface area contributed by atoms with Gasteiger partial charge in [0.05, 0.1) is 5.03 Å². The average molecular weight is 203 g/mol. The zero-order valence-electron chi connectivity index (χ0n) is 7.13. The molecule has 68 valence electrons. The smallest absolute Gasteiger partial charge is 0.214 e. The summed E-state index contributed by atoms with van der Waals surface area (Å²) in [5.74, 6) is 1.98. The molecule has 1 fully saturated rings. The largest absolute Gasteiger partial charge is 0.380 e. The highest BCUT2D eigenvalue weighted by Gasteiger charge is 2.06. The molecule has 0 spiro atoms. The lowest BCUT2D eigenvalue weighted by molar-refractivity contribution is -0.107. The van der Waals surface area contributed by atoms with Gasteiger partial charge in [0.2, 0.25) is 5.12 Å². The molecule has 1 rings (SSSR count). The average Bonchev–Trinajstić information content (AvgIpc) is 2.06. The molecule has 1 aliphatic heterocycles. The number of rotatable bonds is 2. The van der Waals surface area contributed by atoms with E-state index in [1.807, 2.05) is 6.92 Å². The van der Waals surface area contributed by atoms with Crippen molar-refractivity contribution in [1.29, 1.82) is 0 Å². The van der Waals surface area contributed by atoms with Gasteiger partial charge < -0.3 is 5.32 Å². The summed E-state index contributed by atoms with van der Waals surface area (Å²) in [4.78, 5) is 11.1. The predicted octanol–water partition coefficient (Wildman–Crippen LogP) is 1.83. The Morgan fingerprint density at radius 1 is 1.83 bits per heavy atom. The van der Waals surface area contributed by atoms with Crippen molar-refractivity contribution in [2.75, 3.05) is 18.1 Å². The molecule has 0 saturated carbocycles. The summed E-state index contributed by atoms with van der Waals surface area (Å²) < 4.78 is 0. The third-order valence-electron chi connectivity index (χ3n) is 1.41. The minimum absolute atomic E-state index is 0.161. The van der Waals surface area contributed by atoms with Crippen LogP contribution in [0.4, 0.5) is 0 Å². The number of nitrogens with one attached hydrogen (secondary N) is 1. The highest BCUT2D eigenvalue weighted by molar-refractivity contribution is 8.14. The maximum absolute atomic E-state index is 11.1. The molecule has 12 heavy (non-hydrogen) atoms. The van der Waals surface area contributed by atoms with Gasteiger partial charge in [-0.1, -0.05) is 18.7 Å². The van der Waals surface area contributed by atoms with E-state index in [2.05, 4.69) is 5.32 Å². The van der Waals surface area contributed by atoms with Gasteiger partial charge in [0, 0.05) is 18.4 Å². The molecule has 2 nitrogen and oxygen atoms in total. The van der Waals surface area contributed by atoms with Crippen LogP contribution in [-0.2, 0) is 4.79 Å². The van der Waals surface area contributed by atoms with Crippen molar-refractivity contribution in [2.24, 2.45) is 0 Å². The molecule has 0 aliphatic carbocycles. The van der Waals surface area contributed by atoms with Crippen molar-refractivity contribution in [1.82, 2.24) is 5.32 Å². The Morgan fingerprint density at radius 3 is 3.25 bits per heavy atom. The lowest BCUT2D eigenvalue weighted by atomic mass is 10.5. The van der Waals surface area contributed by atoms with E-state index in [9.17, 15) is 4.79 Å². The van der Waals surface area contributed by atoms with E-state index in [4.69, 9.17) is 0 Å².